The summed E-state index contributed by atoms with van der Waals surface area (Å²) >= 11 is 0. The van der Waals surface area contributed by atoms with Gasteiger partial charge in [0.2, 0.25) is 24.1 Å². The Morgan fingerprint density at radius 1 is 1.04 bits per heavy atom. The van der Waals surface area contributed by atoms with Crippen LogP contribution in [0, 0.1) is 11.8 Å². The Bertz CT molecular complexity index is 1240. The topological polar surface area (TPSA) is 179 Å². The molecule has 1 heterocycles. The molecule has 0 spiro atoms. The number of hydrogen-bond acceptors (Lipinski definition) is 8. The molecule has 0 aliphatic carbocycles. The Morgan fingerprint density at radius 2 is 1.62 bits per heavy atom. The maximum Gasteiger partial charge on any atom is 0.244 e. The van der Waals surface area contributed by atoms with E-state index in [0.29, 0.717) is 24.7 Å². The fraction of sp³-hybridized carbons (Fsp3) is 0.738. The van der Waals surface area contributed by atoms with E-state index in [0.717, 1.165) is 31.4 Å². The van der Waals surface area contributed by atoms with Crippen LogP contribution in [0.5, 0.6) is 0 Å². The predicted octanol–water partition coefficient (Wildman–Crippen LogP) is 4.09. The molecular formula is C42H79N7O7. The summed E-state index contributed by atoms with van der Waals surface area (Å²) in [6.45, 7) is 18.9. The lowest BCUT2D eigenvalue weighted by Crippen LogP contribution is -2.52. The second-order valence-electron chi connectivity index (χ2n) is 14.5. The first-order chi connectivity index (χ1) is 26.6. The molecule has 7 atom stereocenters. The van der Waals surface area contributed by atoms with Gasteiger partial charge in [-0.2, -0.15) is 0 Å². The fourth-order valence-corrected chi connectivity index (χ4v) is 6.31. The van der Waals surface area contributed by atoms with Gasteiger partial charge in [-0.25, -0.2) is 4.99 Å². The smallest absolute Gasteiger partial charge is 0.244 e. The van der Waals surface area contributed by atoms with Gasteiger partial charge in [-0.3, -0.25) is 19.2 Å². The van der Waals surface area contributed by atoms with Gasteiger partial charge in [-0.1, -0.05) is 98.6 Å². The van der Waals surface area contributed by atoms with E-state index >= 15 is 0 Å². The van der Waals surface area contributed by atoms with Crippen molar-refractivity contribution in [3.05, 3.63) is 35.9 Å². The van der Waals surface area contributed by atoms with Crippen LogP contribution in [0.2, 0.25) is 0 Å². The van der Waals surface area contributed by atoms with Crippen molar-refractivity contribution in [3.63, 3.8) is 0 Å². The molecule has 0 radical (unpaired) electrons. The van der Waals surface area contributed by atoms with Crippen LogP contribution < -0.4 is 16.4 Å². The maximum absolute atomic E-state index is 13.4. The van der Waals surface area contributed by atoms with Crippen LogP contribution in [0.1, 0.15) is 100.0 Å². The van der Waals surface area contributed by atoms with Crippen LogP contribution in [-0.4, -0.2) is 141 Å². The number of likely N-dealkylation sites (tertiary alicyclic amines) is 1. The van der Waals surface area contributed by atoms with Crippen molar-refractivity contribution in [2.45, 2.75) is 137 Å². The number of ether oxygens (including phenoxy) is 2. The van der Waals surface area contributed by atoms with E-state index in [-0.39, 0.29) is 67.4 Å². The highest BCUT2D eigenvalue weighted by molar-refractivity contribution is 5.85. The van der Waals surface area contributed by atoms with Crippen LogP contribution >= 0.6 is 0 Å². The summed E-state index contributed by atoms with van der Waals surface area (Å²) < 4.78 is 11.6. The van der Waals surface area contributed by atoms with Crippen LogP contribution in [0.4, 0.5) is 0 Å². The molecular weight excluding hydrogens is 715 g/mol. The second-order valence-corrected chi connectivity index (χ2v) is 14.5. The molecule has 1 aliphatic heterocycles. The number of aliphatic imine (C=N–C) groups is 1. The molecule has 324 valence electrons. The third-order valence-electron chi connectivity index (χ3n) is 9.42. The molecule has 0 saturated carbocycles. The Morgan fingerprint density at radius 3 is 2.09 bits per heavy atom. The highest BCUT2D eigenvalue weighted by atomic mass is 16.5. The quantitative estimate of drug-likeness (QED) is 0.0913. The van der Waals surface area contributed by atoms with Crippen molar-refractivity contribution in [3.8, 4) is 0 Å². The molecule has 1 saturated heterocycles. The van der Waals surface area contributed by atoms with Crippen molar-refractivity contribution >= 4 is 30.1 Å². The number of methoxy groups -OCH3 is 2. The molecule has 2 rings (SSSR count). The van der Waals surface area contributed by atoms with Gasteiger partial charge >= 0.3 is 0 Å². The summed E-state index contributed by atoms with van der Waals surface area (Å²) in [6.07, 6.45) is 4.75. The van der Waals surface area contributed by atoms with Gasteiger partial charge in [0, 0.05) is 54.4 Å². The largest absolute Gasteiger partial charge is 0.394 e. The van der Waals surface area contributed by atoms with Crippen molar-refractivity contribution in [1.29, 1.82) is 0 Å². The van der Waals surface area contributed by atoms with Gasteiger partial charge in [-0.15, -0.1) is 0 Å². The summed E-state index contributed by atoms with van der Waals surface area (Å²) in [7, 11) is 8.65. The van der Waals surface area contributed by atoms with Gasteiger partial charge in [0.05, 0.1) is 37.3 Å². The van der Waals surface area contributed by atoms with Crippen LogP contribution in [0.3, 0.4) is 0 Å². The van der Waals surface area contributed by atoms with Crippen LogP contribution in [0.15, 0.2) is 35.3 Å². The number of carbonyl (C=O) groups excluding carboxylic acids is 4. The molecule has 1 aromatic carbocycles. The number of amides is 4. The lowest BCUT2D eigenvalue weighted by atomic mass is 9.90. The monoisotopic (exact) mass is 794 g/mol. The number of aliphatic hydroxyl groups excluding tert-OH is 1. The van der Waals surface area contributed by atoms with Crippen LogP contribution in [0.25, 0.3) is 0 Å². The van der Waals surface area contributed by atoms with Gasteiger partial charge in [0.25, 0.3) is 0 Å². The van der Waals surface area contributed by atoms with Crippen LogP contribution in [-0.2, 0) is 35.1 Å². The molecule has 14 nitrogen and oxygen atoms in total. The number of guanidine groups is 1. The van der Waals surface area contributed by atoms with E-state index in [9.17, 15) is 19.2 Å². The summed E-state index contributed by atoms with van der Waals surface area (Å²) in [5.41, 5.74) is 6.80. The molecule has 6 unspecified atom stereocenters. The molecule has 1 aliphatic rings. The Balaban J connectivity index is 0. The van der Waals surface area contributed by atoms with Crippen molar-refractivity contribution in [2.75, 3.05) is 55.1 Å². The molecule has 1 fully saturated rings. The standard InChI is InChI=1S/C24H47N5O4.C13H18N2O3.C3H8.C2H6/c1-10-17(4)22(28(7)21(31)15-26-24(25)27(5)6)19(32-8)14-20(30)29-13-11-12-18(29)23(33-9)16(2)3;1-10(8-16)15-13(18)12(14-9-17)7-11-5-3-2-4-6-11;1-3-2;1-2/h16-19,22-23H,10-15H2,1-9H3,(H2,25,26);2-6,9-10,12,16H,7-8H2,1H3,(H,14,17)(H,15,18);3H2,1-2H3;1-2H3/t;10?,12-;;/m.0../s1. The van der Waals surface area contributed by atoms with Gasteiger partial charge in [-0.05, 0) is 37.2 Å². The highest BCUT2D eigenvalue weighted by Crippen LogP contribution is 2.29. The summed E-state index contributed by atoms with van der Waals surface area (Å²) in [5.74, 6) is 0.358. The molecule has 4 amide bonds. The van der Waals surface area contributed by atoms with E-state index in [1.807, 2.05) is 49.1 Å². The van der Waals surface area contributed by atoms with E-state index < -0.39 is 12.1 Å². The van der Waals surface area contributed by atoms with Crippen molar-refractivity contribution < 1.29 is 33.8 Å². The summed E-state index contributed by atoms with van der Waals surface area (Å²) in [5, 5.41) is 14.0. The molecule has 56 heavy (non-hydrogen) atoms. The minimum Gasteiger partial charge on any atom is -0.394 e. The zero-order chi connectivity index (χ0) is 43.4. The number of hydrogen-bond donors (Lipinski definition) is 4. The Kier molecular flexibility index (Phi) is 30.4. The zero-order valence-electron chi connectivity index (χ0n) is 37.2. The average molecular weight is 794 g/mol. The van der Waals surface area contributed by atoms with E-state index in [2.05, 4.69) is 57.2 Å². The minimum atomic E-state index is -0.626. The first kappa shape index (κ1) is 54.4. The van der Waals surface area contributed by atoms with Gasteiger partial charge < -0.3 is 45.6 Å². The number of rotatable bonds is 19. The normalized spacial score (nSPS) is 16.8. The number of benzene rings is 1. The minimum absolute atomic E-state index is 0.00655. The molecule has 14 heteroatoms. The number of nitrogens with two attached hydrogens (primary N) is 1. The lowest BCUT2D eigenvalue weighted by molar-refractivity contribution is -0.143. The number of nitrogens with zero attached hydrogens (tertiary/aromatic N) is 4. The average Bonchev–Trinajstić information content (AvgIpc) is 3.67. The van der Waals surface area contributed by atoms with E-state index in [4.69, 9.17) is 20.3 Å². The summed E-state index contributed by atoms with van der Waals surface area (Å²) in [6, 6.07) is 8.29. The van der Waals surface area contributed by atoms with E-state index in [1.54, 1.807) is 52.1 Å². The summed E-state index contributed by atoms with van der Waals surface area (Å²) in [4.78, 5) is 58.2. The Labute approximate surface area is 339 Å². The van der Waals surface area contributed by atoms with Gasteiger partial charge in [0.15, 0.2) is 5.96 Å². The van der Waals surface area contributed by atoms with Gasteiger partial charge in [0.1, 0.15) is 12.6 Å². The number of nitrogens with one attached hydrogen (secondary N) is 2. The Hall–Kier alpha value is -3.75. The first-order valence-corrected chi connectivity index (χ1v) is 20.3. The van der Waals surface area contributed by atoms with Crippen molar-refractivity contribution in [2.24, 2.45) is 22.6 Å². The SMILES string of the molecule is CC.CC(CO)NC(=O)[C@H](Cc1ccccc1)NC=O.CCC.CCC(C)C(C(CC(=O)N1CCCC1C(OC)C(C)C)OC)N(C)C(=O)CN=C(N)N(C)C. The number of carbonyl (C=O) groups is 4. The maximum atomic E-state index is 13.4. The fourth-order valence-electron chi connectivity index (χ4n) is 6.31. The molecule has 5 N–H and O–H groups in total. The number of aliphatic hydroxyl groups is 1. The molecule has 0 bridgehead atoms. The number of likely N-dealkylation sites (N-methyl/N-ethyl adjacent to an activating group) is 1. The molecule has 0 aromatic heterocycles. The van der Waals surface area contributed by atoms with E-state index in [1.165, 1.54) is 6.42 Å². The lowest BCUT2D eigenvalue weighted by Gasteiger charge is -2.39. The third-order valence-corrected chi connectivity index (χ3v) is 9.42. The second kappa shape index (κ2) is 31.3. The molecule has 1 aromatic rings. The first-order valence-electron chi connectivity index (χ1n) is 20.3. The highest BCUT2D eigenvalue weighted by Gasteiger charge is 2.39. The zero-order valence-corrected chi connectivity index (χ0v) is 37.2. The van der Waals surface area contributed by atoms with Crippen molar-refractivity contribution in [1.82, 2.24) is 25.3 Å². The third kappa shape index (κ3) is 19.9. The predicted molar refractivity (Wildman–Crippen MR) is 227 cm³/mol.